The Hall–Kier alpha value is -1.14. The van der Waals surface area contributed by atoms with Crippen molar-refractivity contribution in [3.05, 3.63) is 11.6 Å². The first-order chi connectivity index (χ1) is 9.26. The molecular formula is C13H18N4S2. The second-order valence-corrected chi connectivity index (χ2v) is 6.83. The van der Waals surface area contributed by atoms with Gasteiger partial charge in [0, 0.05) is 31.7 Å². The molecule has 0 saturated carbocycles. The molecule has 0 spiro atoms. The second kappa shape index (κ2) is 5.46. The first kappa shape index (κ1) is 12.9. The summed E-state index contributed by atoms with van der Waals surface area (Å²) in [5.41, 5.74) is 1.03. The molecule has 6 heteroatoms. The number of piperidine rings is 1. The molecule has 0 aromatic carbocycles. The topological polar surface area (TPSA) is 41.1 Å². The summed E-state index contributed by atoms with van der Waals surface area (Å²) >= 11 is 3.38. The van der Waals surface area contributed by atoms with Crippen molar-refractivity contribution in [2.24, 2.45) is 5.92 Å². The van der Waals surface area contributed by atoms with Crippen molar-refractivity contribution >= 4 is 32.9 Å². The highest BCUT2D eigenvalue weighted by atomic mass is 32.1. The second-order valence-electron chi connectivity index (χ2n) is 4.96. The SMILES string of the molecule is CNc1nc(-c2cnc(N3CCC(C)CC3)s2)cs1. The minimum Gasteiger partial charge on any atom is -0.365 e. The molecule has 0 amide bonds. The molecule has 0 aliphatic carbocycles. The molecule has 1 aliphatic rings. The maximum atomic E-state index is 4.57. The van der Waals surface area contributed by atoms with Crippen LogP contribution in [0.25, 0.3) is 10.6 Å². The lowest BCUT2D eigenvalue weighted by Gasteiger charge is -2.29. The largest absolute Gasteiger partial charge is 0.365 e. The van der Waals surface area contributed by atoms with Gasteiger partial charge in [-0.05, 0) is 18.8 Å². The van der Waals surface area contributed by atoms with Gasteiger partial charge in [-0.15, -0.1) is 11.3 Å². The number of thiazole rings is 2. The molecule has 102 valence electrons. The number of hydrogen-bond donors (Lipinski definition) is 1. The highest BCUT2D eigenvalue weighted by Crippen LogP contribution is 2.34. The van der Waals surface area contributed by atoms with Crippen molar-refractivity contribution in [1.29, 1.82) is 0 Å². The molecule has 1 fully saturated rings. The molecule has 1 saturated heterocycles. The fourth-order valence-corrected chi connectivity index (χ4v) is 3.91. The zero-order chi connectivity index (χ0) is 13.2. The Morgan fingerprint density at radius 1 is 1.37 bits per heavy atom. The van der Waals surface area contributed by atoms with Gasteiger partial charge in [0.2, 0.25) is 0 Å². The van der Waals surface area contributed by atoms with Crippen LogP contribution in [0.3, 0.4) is 0 Å². The lowest BCUT2D eigenvalue weighted by atomic mass is 10.00. The van der Waals surface area contributed by atoms with E-state index in [2.05, 4.69) is 32.5 Å². The average Bonchev–Trinajstić information content (AvgIpc) is 3.08. The van der Waals surface area contributed by atoms with Crippen molar-refractivity contribution in [2.45, 2.75) is 19.8 Å². The Morgan fingerprint density at radius 2 is 2.16 bits per heavy atom. The summed E-state index contributed by atoms with van der Waals surface area (Å²) < 4.78 is 0. The van der Waals surface area contributed by atoms with E-state index in [1.807, 2.05) is 13.2 Å². The van der Waals surface area contributed by atoms with Gasteiger partial charge < -0.3 is 10.2 Å². The monoisotopic (exact) mass is 294 g/mol. The Labute approximate surface area is 121 Å². The summed E-state index contributed by atoms with van der Waals surface area (Å²) in [7, 11) is 1.90. The van der Waals surface area contributed by atoms with Gasteiger partial charge in [-0.1, -0.05) is 18.3 Å². The van der Waals surface area contributed by atoms with Crippen molar-refractivity contribution < 1.29 is 0 Å². The minimum absolute atomic E-state index is 0.854. The third kappa shape index (κ3) is 2.74. The van der Waals surface area contributed by atoms with E-state index in [1.165, 1.54) is 12.8 Å². The van der Waals surface area contributed by atoms with E-state index < -0.39 is 0 Å². The third-order valence-corrected chi connectivity index (χ3v) is 5.46. The van der Waals surface area contributed by atoms with Crippen LogP contribution >= 0.6 is 22.7 Å². The van der Waals surface area contributed by atoms with E-state index >= 15 is 0 Å². The van der Waals surface area contributed by atoms with Gasteiger partial charge in [-0.3, -0.25) is 0 Å². The van der Waals surface area contributed by atoms with E-state index in [0.29, 0.717) is 0 Å². The molecule has 1 aliphatic heterocycles. The number of nitrogens with zero attached hydrogens (tertiary/aromatic N) is 3. The summed E-state index contributed by atoms with van der Waals surface area (Å²) in [4.78, 5) is 12.7. The summed E-state index contributed by atoms with van der Waals surface area (Å²) in [6.07, 6.45) is 4.50. The average molecular weight is 294 g/mol. The predicted molar refractivity (Wildman–Crippen MR) is 83.4 cm³/mol. The fraction of sp³-hybridized carbons (Fsp3) is 0.538. The van der Waals surface area contributed by atoms with E-state index in [4.69, 9.17) is 0 Å². The maximum Gasteiger partial charge on any atom is 0.185 e. The van der Waals surface area contributed by atoms with Crippen molar-refractivity contribution in [2.75, 3.05) is 30.4 Å². The van der Waals surface area contributed by atoms with Gasteiger partial charge in [0.15, 0.2) is 10.3 Å². The molecule has 19 heavy (non-hydrogen) atoms. The van der Waals surface area contributed by atoms with Crippen LogP contribution in [0.1, 0.15) is 19.8 Å². The van der Waals surface area contributed by atoms with Crippen molar-refractivity contribution in [3.63, 3.8) is 0 Å². The number of hydrogen-bond acceptors (Lipinski definition) is 6. The molecule has 3 heterocycles. The first-order valence-corrected chi connectivity index (χ1v) is 8.30. The van der Waals surface area contributed by atoms with Crippen LogP contribution in [0, 0.1) is 5.92 Å². The number of aromatic nitrogens is 2. The lowest BCUT2D eigenvalue weighted by Crippen LogP contribution is -2.32. The van der Waals surface area contributed by atoms with E-state index in [-0.39, 0.29) is 0 Å². The highest BCUT2D eigenvalue weighted by Gasteiger charge is 2.19. The van der Waals surface area contributed by atoms with Gasteiger partial charge in [-0.2, -0.15) is 0 Å². The molecule has 0 atom stereocenters. The van der Waals surface area contributed by atoms with Crippen LogP contribution in [0.15, 0.2) is 11.6 Å². The van der Waals surface area contributed by atoms with Crippen LogP contribution in [-0.4, -0.2) is 30.1 Å². The Kier molecular flexibility index (Phi) is 3.70. The molecule has 2 aromatic heterocycles. The van der Waals surface area contributed by atoms with Gasteiger partial charge in [0.05, 0.1) is 10.6 Å². The Morgan fingerprint density at radius 3 is 2.84 bits per heavy atom. The fourth-order valence-electron chi connectivity index (χ4n) is 2.23. The molecule has 4 nitrogen and oxygen atoms in total. The van der Waals surface area contributed by atoms with Crippen LogP contribution in [-0.2, 0) is 0 Å². The summed E-state index contributed by atoms with van der Waals surface area (Å²) in [5, 5.41) is 7.25. The summed E-state index contributed by atoms with van der Waals surface area (Å²) in [6.45, 7) is 4.60. The van der Waals surface area contributed by atoms with E-state index in [9.17, 15) is 0 Å². The Bertz CT molecular complexity index is 540. The minimum atomic E-state index is 0.854. The normalized spacial score (nSPS) is 16.8. The Balaban J connectivity index is 1.75. The molecular weight excluding hydrogens is 276 g/mol. The van der Waals surface area contributed by atoms with Crippen LogP contribution in [0.4, 0.5) is 10.3 Å². The lowest BCUT2D eigenvalue weighted by molar-refractivity contribution is 0.438. The first-order valence-electron chi connectivity index (χ1n) is 6.60. The number of anilines is 2. The van der Waals surface area contributed by atoms with Crippen molar-refractivity contribution in [1.82, 2.24) is 9.97 Å². The highest BCUT2D eigenvalue weighted by molar-refractivity contribution is 7.19. The van der Waals surface area contributed by atoms with Gasteiger partial charge in [0.1, 0.15) is 0 Å². The standard InChI is InChI=1S/C13H18N4S2/c1-9-3-5-17(6-4-9)13-15-7-11(19-13)10-8-18-12(14-2)16-10/h7-9H,3-6H2,1-2H3,(H,14,16). The summed E-state index contributed by atoms with van der Waals surface area (Å²) in [6, 6.07) is 0. The van der Waals surface area contributed by atoms with Gasteiger partial charge >= 0.3 is 0 Å². The molecule has 0 bridgehead atoms. The maximum absolute atomic E-state index is 4.57. The summed E-state index contributed by atoms with van der Waals surface area (Å²) in [5.74, 6) is 0.854. The zero-order valence-corrected chi connectivity index (χ0v) is 12.9. The molecule has 0 unspecified atom stereocenters. The van der Waals surface area contributed by atoms with E-state index in [0.717, 1.165) is 39.8 Å². The van der Waals surface area contributed by atoms with Crippen LogP contribution in [0.2, 0.25) is 0 Å². The third-order valence-electron chi connectivity index (χ3n) is 3.52. The smallest absolute Gasteiger partial charge is 0.185 e. The number of rotatable bonds is 3. The van der Waals surface area contributed by atoms with Crippen LogP contribution in [0.5, 0.6) is 0 Å². The van der Waals surface area contributed by atoms with Gasteiger partial charge in [-0.25, -0.2) is 9.97 Å². The zero-order valence-electron chi connectivity index (χ0n) is 11.2. The number of nitrogens with one attached hydrogen (secondary N) is 1. The molecule has 1 N–H and O–H groups in total. The van der Waals surface area contributed by atoms with E-state index in [1.54, 1.807) is 22.7 Å². The van der Waals surface area contributed by atoms with Crippen LogP contribution < -0.4 is 10.2 Å². The van der Waals surface area contributed by atoms with Gasteiger partial charge in [0.25, 0.3) is 0 Å². The van der Waals surface area contributed by atoms with Crippen molar-refractivity contribution in [3.8, 4) is 10.6 Å². The molecule has 0 radical (unpaired) electrons. The molecule has 3 rings (SSSR count). The quantitative estimate of drug-likeness (QED) is 0.940. The molecule has 2 aromatic rings. The predicted octanol–water partition coefficient (Wildman–Crippen LogP) is 3.54.